The molecule has 0 radical (unpaired) electrons. The number of aliphatic carboxylic acids is 1. The predicted octanol–water partition coefficient (Wildman–Crippen LogP) is -2.74. The largest absolute Gasteiger partial charge is 0.480 e. The van der Waals surface area contributed by atoms with Gasteiger partial charge in [0.05, 0.1) is 13.7 Å². The van der Waals surface area contributed by atoms with Crippen molar-refractivity contribution in [3.63, 3.8) is 0 Å². The van der Waals surface area contributed by atoms with Crippen LogP contribution >= 0.6 is 12.6 Å². The molecular weight excluding hydrogens is 368 g/mol. The fourth-order valence-electron chi connectivity index (χ4n) is 1.82. The van der Waals surface area contributed by atoms with E-state index < -0.39 is 48.3 Å². The van der Waals surface area contributed by atoms with Crippen LogP contribution in [0.3, 0.4) is 0 Å². The second kappa shape index (κ2) is 12.9. The minimum atomic E-state index is -1.22. The van der Waals surface area contributed by atoms with E-state index >= 15 is 0 Å². The summed E-state index contributed by atoms with van der Waals surface area (Å²) in [6.07, 6.45) is -0.208. The van der Waals surface area contributed by atoms with Crippen LogP contribution in [0.25, 0.3) is 0 Å². The van der Waals surface area contributed by atoms with Crippen LogP contribution in [0.1, 0.15) is 12.8 Å². The van der Waals surface area contributed by atoms with E-state index in [-0.39, 0.29) is 25.1 Å². The number of nitrogens with one attached hydrogen (secondary N) is 4. The van der Waals surface area contributed by atoms with Gasteiger partial charge in [-0.05, 0) is 13.5 Å². The summed E-state index contributed by atoms with van der Waals surface area (Å²) < 4.78 is 4.58. The van der Waals surface area contributed by atoms with Crippen molar-refractivity contribution in [1.29, 1.82) is 0 Å². The summed E-state index contributed by atoms with van der Waals surface area (Å²) in [6, 6.07) is -2.04. The van der Waals surface area contributed by atoms with Crippen molar-refractivity contribution in [2.45, 2.75) is 24.9 Å². The summed E-state index contributed by atoms with van der Waals surface area (Å²) in [6.45, 7) is -0.591. The second-order valence-corrected chi connectivity index (χ2v) is 5.49. The third kappa shape index (κ3) is 9.84. The molecular formula is C14H24N4O7S. The topological polar surface area (TPSA) is 163 Å². The third-order valence-corrected chi connectivity index (χ3v) is 3.43. The molecule has 0 aromatic rings. The molecule has 12 heteroatoms. The first-order chi connectivity index (χ1) is 12.2. The Balaban J connectivity index is 4.59. The molecule has 0 saturated heterocycles. The van der Waals surface area contributed by atoms with Crippen LogP contribution in [0, 0.1) is 0 Å². The molecule has 148 valence electrons. The molecule has 0 aliphatic heterocycles. The summed E-state index contributed by atoms with van der Waals surface area (Å²) in [4.78, 5) is 57.4. The Hall–Kier alpha value is -2.34. The molecule has 11 nitrogen and oxygen atoms in total. The molecule has 0 heterocycles. The molecule has 3 amide bonds. The molecule has 0 saturated carbocycles. The van der Waals surface area contributed by atoms with E-state index in [1.54, 1.807) is 7.05 Å². The van der Waals surface area contributed by atoms with Crippen molar-refractivity contribution < 1.29 is 33.8 Å². The van der Waals surface area contributed by atoms with E-state index in [1.807, 2.05) is 0 Å². The van der Waals surface area contributed by atoms with Crippen LogP contribution in [0.5, 0.6) is 0 Å². The van der Waals surface area contributed by atoms with Crippen molar-refractivity contribution in [1.82, 2.24) is 21.3 Å². The maximum absolute atomic E-state index is 12.0. The second-order valence-electron chi connectivity index (χ2n) is 5.13. The van der Waals surface area contributed by atoms with E-state index in [0.29, 0.717) is 0 Å². The van der Waals surface area contributed by atoms with E-state index in [1.165, 1.54) is 0 Å². The number of carbonyl (C=O) groups is 5. The average Bonchev–Trinajstić information content (AvgIpc) is 2.60. The Labute approximate surface area is 156 Å². The number of rotatable bonds is 12. The van der Waals surface area contributed by atoms with Gasteiger partial charge in [0, 0.05) is 12.2 Å². The lowest BCUT2D eigenvalue weighted by Crippen LogP contribution is -2.49. The minimum absolute atomic E-state index is 0.00876. The Morgan fingerprint density at radius 3 is 2.15 bits per heavy atom. The number of likely N-dealkylation sites (N-methyl/N-ethyl adjacent to an activating group) is 1. The first-order valence-electron chi connectivity index (χ1n) is 7.66. The first-order valence-corrected chi connectivity index (χ1v) is 8.29. The van der Waals surface area contributed by atoms with Gasteiger partial charge in [-0.2, -0.15) is 12.6 Å². The monoisotopic (exact) mass is 392 g/mol. The zero-order chi connectivity index (χ0) is 20.1. The van der Waals surface area contributed by atoms with Crippen molar-refractivity contribution in [2.24, 2.45) is 0 Å². The van der Waals surface area contributed by atoms with Crippen molar-refractivity contribution in [2.75, 3.05) is 33.0 Å². The number of esters is 1. The highest BCUT2D eigenvalue weighted by atomic mass is 32.1. The maximum Gasteiger partial charge on any atom is 0.328 e. The lowest BCUT2D eigenvalue weighted by Gasteiger charge is -2.18. The molecule has 0 aliphatic carbocycles. The molecule has 0 aromatic carbocycles. The predicted molar refractivity (Wildman–Crippen MR) is 93.5 cm³/mol. The number of carbonyl (C=O) groups excluding carboxylic acids is 4. The smallest absolute Gasteiger partial charge is 0.328 e. The summed E-state index contributed by atoms with van der Waals surface area (Å²) in [5.74, 6) is -3.66. The van der Waals surface area contributed by atoms with Gasteiger partial charge in [0.25, 0.3) is 0 Å². The SMILES string of the molecule is CNCC(=O)NC(CCC(=O)NC(CS)C(=O)NCC(=O)O)C(=O)OC. The van der Waals surface area contributed by atoms with Gasteiger partial charge in [-0.1, -0.05) is 0 Å². The fourth-order valence-corrected chi connectivity index (χ4v) is 2.08. The van der Waals surface area contributed by atoms with Crippen LogP contribution in [0.2, 0.25) is 0 Å². The third-order valence-electron chi connectivity index (χ3n) is 3.07. The lowest BCUT2D eigenvalue weighted by atomic mass is 10.1. The molecule has 2 unspecified atom stereocenters. The highest BCUT2D eigenvalue weighted by Gasteiger charge is 2.24. The highest BCUT2D eigenvalue weighted by molar-refractivity contribution is 7.80. The van der Waals surface area contributed by atoms with Gasteiger partial charge in [-0.15, -0.1) is 0 Å². The summed E-state index contributed by atoms with van der Waals surface area (Å²) in [5.41, 5.74) is 0. The zero-order valence-corrected chi connectivity index (χ0v) is 15.4. The highest BCUT2D eigenvalue weighted by Crippen LogP contribution is 2.01. The van der Waals surface area contributed by atoms with Gasteiger partial charge in [0.1, 0.15) is 18.6 Å². The number of carboxylic acid groups (broad SMARTS) is 1. The Bertz CT molecular complexity index is 529. The number of carboxylic acids is 1. The van der Waals surface area contributed by atoms with E-state index in [4.69, 9.17) is 5.11 Å². The average molecular weight is 392 g/mol. The fraction of sp³-hybridized carbons (Fsp3) is 0.643. The molecule has 0 aromatic heterocycles. The Morgan fingerprint density at radius 1 is 1.04 bits per heavy atom. The molecule has 0 spiro atoms. The van der Waals surface area contributed by atoms with Crippen LogP contribution < -0.4 is 21.3 Å². The summed E-state index contributed by atoms with van der Waals surface area (Å²) >= 11 is 3.94. The molecule has 2 atom stereocenters. The molecule has 26 heavy (non-hydrogen) atoms. The number of amides is 3. The van der Waals surface area contributed by atoms with Crippen LogP contribution in [-0.2, 0) is 28.7 Å². The summed E-state index contributed by atoms with van der Waals surface area (Å²) in [7, 11) is 2.72. The van der Waals surface area contributed by atoms with Gasteiger partial charge < -0.3 is 31.1 Å². The molecule has 0 bridgehead atoms. The van der Waals surface area contributed by atoms with Crippen LogP contribution in [0.4, 0.5) is 0 Å². The quantitative estimate of drug-likeness (QED) is 0.154. The number of thiol groups is 1. The van der Waals surface area contributed by atoms with Gasteiger partial charge >= 0.3 is 11.9 Å². The number of methoxy groups -OCH3 is 1. The van der Waals surface area contributed by atoms with Crippen molar-refractivity contribution >= 4 is 42.3 Å². The molecule has 0 fully saturated rings. The molecule has 5 N–H and O–H groups in total. The number of ether oxygens (including phenoxy) is 1. The molecule has 0 rings (SSSR count). The van der Waals surface area contributed by atoms with Crippen LogP contribution in [0.15, 0.2) is 0 Å². The van der Waals surface area contributed by atoms with E-state index in [9.17, 15) is 24.0 Å². The van der Waals surface area contributed by atoms with Gasteiger partial charge in [-0.25, -0.2) is 4.79 Å². The minimum Gasteiger partial charge on any atom is -0.480 e. The summed E-state index contributed by atoms with van der Waals surface area (Å²) in [5, 5.41) is 18.1. The molecule has 0 aliphatic rings. The lowest BCUT2D eigenvalue weighted by molar-refractivity contribution is -0.145. The van der Waals surface area contributed by atoms with Crippen molar-refractivity contribution in [3.05, 3.63) is 0 Å². The standard InChI is InChI=1S/C14H24N4O7S/c1-15-5-11(20)17-8(14(24)25-2)3-4-10(19)18-9(7-26)13(23)16-6-12(21)22/h8-9,15,26H,3-7H2,1-2H3,(H,16,23)(H,17,20)(H,18,19)(H,21,22). The van der Waals surface area contributed by atoms with Crippen molar-refractivity contribution in [3.8, 4) is 0 Å². The van der Waals surface area contributed by atoms with E-state index in [2.05, 4.69) is 38.6 Å². The van der Waals surface area contributed by atoms with E-state index in [0.717, 1.165) is 7.11 Å². The Kier molecular flexibility index (Phi) is 11.8. The zero-order valence-electron chi connectivity index (χ0n) is 14.5. The normalized spacial score (nSPS) is 12.4. The number of hydrogen-bond donors (Lipinski definition) is 6. The number of hydrogen-bond acceptors (Lipinski definition) is 8. The van der Waals surface area contributed by atoms with Gasteiger partial charge in [-0.3, -0.25) is 19.2 Å². The Morgan fingerprint density at radius 2 is 1.65 bits per heavy atom. The van der Waals surface area contributed by atoms with Gasteiger partial charge in [0.2, 0.25) is 17.7 Å². The van der Waals surface area contributed by atoms with Crippen LogP contribution in [-0.4, -0.2) is 79.9 Å². The first kappa shape index (κ1) is 23.7. The maximum atomic E-state index is 12.0. The van der Waals surface area contributed by atoms with Gasteiger partial charge in [0.15, 0.2) is 0 Å².